The lowest BCUT2D eigenvalue weighted by Crippen LogP contribution is -2.03. The smallest absolute Gasteiger partial charge is 0.328 e. The summed E-state index contributed by atoms with van der Waals surface area (Å²) in [5.41, 5.74) is 0. The number of rotatable bonds is 19. The molecule has 0 rings (SSSR count). The molecule has 0 heterocycles. The summed E-state index contributed by atoms with van der Waals surface area (Å²) in [7, 11) is 0. The molecule has 0 saturated heterocycles. The van der Waals surface area contributed by atoms with E-state index in [2.05, 4.69) is 6.92 Å². The van der Waals surface area contributed by atoms with Crippen LogP contribution in [0.3, 0.4) is 0 Å². The second-order valence-corrected chi connectivity index (χ2v) is 7.36. The standard InChI is InChI=1S/C22H42O3/c1-2-3-4-5-6-7-8-9-10-11-12-13-14-15-16-17-18-21(23)19-20-22(24)25/h19-21,23H,2-18H2,1H3,(H,24,25)/b20-19+. The van der Waals surface area contributed by atoms with Crippen molar-refractivity contribution in [2.75, 3.05) is 0 Å². The minimum Gasteiger partial charge on any atom is -0.478 e. The first-order valence-corrected chi connectivity index (χ1v) is 10.8. The molecule has 0 aliphatic rings. The Kier molecular flexibility index (Phi) is 18.8. The number of aliphatic hydroxyl groups excluding tert-OH is 1. The van der Waals surface area contributed by atoms with Crippen molar-refractivity contribution in [2.24, 2.45) is 0 Å². The molecular weight excluding hydrogens is 312 g/mol. The number of unbranched alkanes of at least 4 members (excludes halogenated alkanes) is 15. The van der Waals surface area contributed by atoms with Crippen LogP contribution in [0.2, 0.25) is 0 Å². The van der Waals surface area contributed by atoms with E-state index in [1.165, 1.54) is 96.0 Å². The Bertz CT molecular complexity index is 312. The van der Waals surface area contributed by atoms with Crippen LogP contribution in [0.4, 0.5) is 0 Å². The van der Waals surface area contributed by atoms with E-state index in [-0.39, 0.29) is 0 Å². The van der Waals surface area contributed by atoms with Gasteiger partial charge in [-0.1, -0.05) is 110 Å². The van der Waals surface area contributed by atoms with Crippen molar-refractivity contribution in [3.05, 3.63) is 12.2 Å². The molecule has 0 radical (unpaired) electrons. The van der Waals surface area contributed by atoms with Gasteiger partial charge in [0.15, 0.2) is 0 Å². The highest BCUT2D eigenvalue weighted by Crippen LogP contribution is 2.14. The Hall–Kier alpha value is -0.830. The first kappa shape index (κ1) is 24.2. The van der Waals surface area contributed by atoms with E-state index in [0.29, 0.717) is 6.42 Å². The summed E-state index contributed by atoms with van der Waals surface area (Å²) in [6, 6.07) is 0. The van der Waals surface area contributed by atoms with Gasteiger partial charge in [0, 0.05) is 6.08 Å². The molecule has 0 bridgehead atoms. The maximum Gasteiger partial charge on any atom is 0.328 e. The molecule has 0 aromatic rings. The molecule has 0 aliphatic carbocycles. The van der Waals surface area contributed by atoms with Crippen LogP contribution in [0.15, 0.2) is 12.2 Å². The predicted molar refractivity (Wildman–Crippen MR) is 107 cm³/mol. The van der Waals surface area contributed by atoms with Gasteiger partial charge in [-0.15, -0.1) is 0 Å². The topological polar surface area (TPSA) is 57.5 Å². The predicted octanol–water partition coefficient (Wildman–Crippen LogP) is 6.64. The maximum atomic E-state index is 10.3. The minimum absolute atomic E-state index is 0.609. The first-order valence-electron chi connectivity index (χ1n) is 10.8. The molecule has 0 aliphatic heterocycles. The van der Waals surface area contributed by atoms with Crippen molar-refractivity contribution in [2.45, 2.75) is 122 Å². The van der Waals surface area contributed by atoms with E-state index in [0.717, 1.165) is 18.9 Å². The van der Waals surface area contributed by atoms with E-state index >= 15 is 0 Å². The number of hydrogen-bond donors (Lipinski definition) is 2. The average Bonchev–Trinajstić information content (AvgIpc) is 2.59. The third-order valence-electron chi connectivity index (χ3n) is 4.81. The molecule has 0 amide bonds. The molecule has 0 aromatic heterocycles. The van der Waals surface area contributed by atoms with E-state index in [9.17, 15) is 9.90 Å². The number of carbonyl (C=O) groups is 1. The third kappa shape index (κ3) is 21.1. The van der Waals surface area contributed by atoms with E-state index < -0.39 is 12.1 Å². The number of aliphatic hydroxyl groups is 1. The molecule has 3 nitrogen and oxygen atoms in total. The Morgan fingerprint density at radius 1 is 0.720 bits per heavy atom. The zero-order chi connectivity index (χ0) is 18.6. The lowest BCUT2D eigenvalue weighted by molar-refractivity contribution is -0.131. The fourth-order valence-electron chi connectivity index (χ4n) is 3.19. The van der Waals surface area contributed by atoms with E-state index in [4.69, 9.17) is 5.11 Å². The van der Waals surface area contributed by atoms with Gasteiger partial charge in [-0.3, -0.25) is 0 Å². The fraction of sp³-hybridized carbons (Fsp3) is 0.864. The highest BCUT2D eigenvalue weighted by atomic mass is 16.4. The molecule has 0 fully saturated rings. The molecule has 2 N–H and O–H groups in total. The number of aliphatic carboxylic acids is 1. The summed E-state index contributed by atoms with van der Waals surface area (Å²) in [4.78, 5) is 10.3. The van der Waals surface area contributed by atoms with Crippen LogP contribution in [0.1, 0.15) is 116 Å². The molecule has 3 heteroatoms. The summed E-state index contributed by atoms with van der Waals surface area (Å²) >= 11 is 0. The number of hydrogen-bond acceptors (Lipinski definition) is 2. The highest BCUT2D eigenvalue weighted by molar-refractivity contribution is 5.79. The molecule has 1 atom stereocenters. The maximum absolute atomic E-state index is 10.3. The highest BCUT2D eigenvalue weighted by Gasteiger charge is 2.00. The molecule has 0 saturated carbocycles. The second-order valence-electron chi connectivity index (χ2n) is 7.36. The van der Waals surface area contributed by atoms with E-state index in [1.54, 1.807) is 0 Å². The van der Waals surface area contributed by atoms with Gasteiger partial charge >= 0.3 is 5.97 Å². The van der Waals surface area contributed by atoms with Crippen LogP contribution in [-0.2, 0) is 4.79 Å². The van der Waals surface area contributed by atoms with Gasteiger partial charge in [-0.25, -0.2) is 4.79 Å². The van der Waals surface area contributed by atoms with Gasteiger partial charge in [-0.05, 0) is 12.5 Å². The fourth-order valence-corrected chi connectivity index (χ4v) is 3.19. The monoisotopic (exact) mass is 354 g/mol. The lowest BCUT2D eigenvalue weighted by Gasteiger charge is -2.05. The second kappa shape index (κ2) is 19.5. The Labute approximate surface area is 155 Å². The molecule has 25 heavy (non-hydrogen) atoms. The third-order valence-corrected chi connectivity index (χ3v) is 4.81. The Morgan fingerprint density at radius 3 is 1.44 bits per heavy atom. The van der Waals surface area contributed by atoms with Crippen molar-refractivity contribution in [3.63, 3.8) is 0 Å². The molecule has 0 aromatic carbocycles. The van der Waals surface area contributed by atoms with Gasteiger partial charge in [0.1, 0.15) is 0 Å². The summed E-state index contributed by atoms with van der Waals surface area (Å²) < 4.78 is 0. The van der Waals surface area contributed by atoms with Crippen LogP contribution in [-0.4, -0.2) is 22.3 Å². The van der Waals surface area contributed by atoms with Gasteiger partial charge < -0.3 is 10.2 Å². The van der Waals surface area contributed by atoms with Crippen molar-refractivity contribution in [3.8, 4) is 0 Å². The average molecular weight is 355 g/mol. The number of carboxylic acid groups (broad SMARTS) is 1. The van der Waals surface area contributed by atoms with Crippen molar-refractivity contribution >= 4 is 5.97 Å². The van der Waals surface area contributed by atoms with Gasteiger partial charge in [0.25, 0.3) is 0 Å². The zero-order valence-corrected chi connectivity index (χ0v) is 16.6. The SMILES string of the molecule is CCCCCCCCCCCCCCCCCCC(O)/C=C/C(=O)O. The Morgan fingerprint density at radius 2 is 1.08 bits per heavy atom. The largest absolute Gasteiger partial charge is 0.478 e. The molecule has 1 unspecified atom stereocenters. The zero-order valence-electron chi connectivity index (χ0n) is 16.6. The summed E-state index contributed by atoms with van der Waals surface area (Å²) in [6.07, 6.45) is 23.9. The summed E-state index contributed by atoms with van der Waals surface area (Å²) in [5.74, 6) is -0.994. The molecule has 0 spiro atoms. The van der Waals surface area contributed by atoms with E-state index in [1.807, 2.05) is 0 Å². The first-order chi connectivity index (χ1) is 12.2. The van der Waals surface area contributed by atoms with Crippen LogP contribution < -0.4 is 0 Å². The summed E-state index contributed by atoms with van der Waals surface area (Å²) in [5, 5.41) is 18.0. The Balaban J connectivity index is 3.13. The quantitative estimate of drug-likeness (QED) is 0.202. The van der Waals surface area contributed by atoms with Crippen LogP contribution in [0.25, 0.3) is 0 Å². The van der Waals surface area contributed by atoms with Gasteiger partial charge in [0.2, 0.25) is 0 Å². The normalized spacial score (nSPS) is 12.7. The van der Waals surface area contributed by atoms with Crippen LogP contribution in [0, 0.1) is 0 Å². The molecule has 148 valence electrons. The summed E-state index contributed by atoms with van der Waals surface area (Å²) in [6.45, 7) is 2.27. The minimum atomic E-state index is -0.994. The van der Waals surface area contributed by atoms with Crippen LogP contribution >= 0.6 is 0 Å². The lowest BCUT2D eigenvalue weighted by atomic mass is 10.0. The number of carboxylic acids is 1. The molecular formula is C22H42O3. The van der Waals surface area contributed by atoms with Gasteiger partial charge in [0.05, 0.1) is 6.10 Å². The van der Waals surface area contributed by atoms with Crippen molar-refractivity contribution in [1.29, 1.82) is 0 Å². The van der Waals surface area contributed by atoms with Crippen molar-refractivity contribution in [1.82, 2.24) is 0 Å². The van der Waals surface area contributed by atoms with Gasteiger partial charge in [-0.2, -0.15) is 0 Å². The van der Waals surface area contributed by atoms with Crippen molar-refractivity contribution < 1.29 is 15.0 Å². The van der Waals surface area contributed by atoms with Crippen LogP contribution in [0.5, 0.6) is 0 Å².